The van der Waals surface area contributed by atoms with Crippen LogP contribution in [0.25, 0.3) is 0 Å². The number of halogens is 2. The lowest BCUT2D eigenvalue weighted by molar-refractivity contribution is -0.147. The maximum Gasteiger partial charge on any atom is 0.323 e. The zero-order valence-electron chi connectivity index (χ0n) is 19.1. The van der Waals surface area contributed by atoms with Crippen LogP contribution in [-0.4, -0.2) is 41.5 Å². The average molecular weight is 459 g/mol. The van der Waals surface area contributed by atoms with Crippen LogP contribution < -0.4 is 0 Å². The van der Waals surface area contributed by atoms with Gasteiger partial charge in [0.2, 0.25) is 0 Å². The molecule has 2 aromatic rings. The first-order chi connectivity index (χ1) is 16.0. The number of hydrogen-bond donors (Lipinski definition) is 1. The van der Waals surface area contributed by atoms with Crippen molar-refractivity contribution in [1.82, 2.24) is 4.90 Å². The number of carbonyl (C=O) groups excluding carboxylic acids is 1. The third-order valence-corrected chi connectivity index (χ3v) is 6.34. The van der Waals surface area contributed by atoms with E-state index >= 15 is 0 Å². The predicted molar refractivity (Wildman–Crippen MR) is 123 cm³/mol. The largest absolute Gasteiger partial charge is 0.468 e. The van der Waals surface area contributed by atoms with Crippen molar-refractivity contribution in [1.29, 1.82) is 0 Å². The minimum absolute atomic E-state index is 0.0285. The monoisotopic (exact) mass is 458 g/mol. The van der Waals surface area contributed by atoms with E-state index in [9.17, 15) is 18.8 Å². The number of oxime groups is 1. The molecule has 2 aromatic carbocycles. The van der Waals surface area contributed by atoms with Crippen LogP contribution in [0.5, 0.6) is 0 Å². The minimum Gasteiger partial charge on any atom is -0.468 e. The summed E-state index contributed by atoms with van der Waals surface area (Å²) in [5, 5.41) is 13.1. The van der Waals surface area contributed by atoms with Crippen molar-refractivity contribution in [2.75, 3.05) is 13.7 Å². The van der Waals surface area contributed by atoms with Gasteiger partial charge in [-0.2, -0.15) is 0 Å². The summed E-state index contributed by atoms with van der Waals surface area (Å²) in [6.45, 7) is 0.422. The second kappa shape index (κ2) is 12.4. The highest BCUT2D eigenvalue weighted by Crippen LogP contribution is 2.29. The molecule has 0 radical (unpaired) electrons. The molecule has 0 saturated heterocycles. The van der Waals surface area contributed by atoms with Gasteiger partial charge in [-0.15, -0.1) is 0 Å². The molecule has 1 N–H and O–H groups in total. The summed E-state index contributed by atoms with van der Waals surface area (Å²) >= 11 is 0. The molecule has 0 unspecified atom stereocenters. The van der Waals surface area contributed by atoms with Crippen molar-refractivity contribution >= 4 is 11.7 Å². The quantitative estimate of drug-likeness (QED) is 0.176. The number of nitrogens with zero attached hydrogens (tertiary/aromatic N) is 2. The number of methoxy groups -OCH3 is 1. The molecule has 33 heavy (non-hydrogen) atoms. The summed E-state index contributed by atoms with van der Waals surface area (Å²) in [4.78, 5) is 14.8. The Morgan fingerprint density at radius 2 is 1.73 bits per heavy atom. The third kappa shape index (κ3) is 7.35. The summed E-state index contributed by atoms with van der Waals surface area (Å²) in [6, 6.07) is 12.1. The van der Waals surface area contributed by atoms with Crippen LogP contribution in [0.3, 0.4) is 0 Å². The number of benzene rings is 2. The van der Waals surface area contributed by atoms with E-state index in [1.807, 2.05) is 35.2 Å². The van der Waals surface area contributed by atoms with Crippen LogP contribution in [0.2, 0.25) is 0 Å². The highest BCUT2D eigenvalue weighted by molar-refractivity contribution is 6.02. The van der Waals surface area contributed by atoms with Crippen molar-refractivity contribution in [3.63, 3.8) is 0 Å². The Bertz CT molecular complexity index is 908. The van der Waals surface area contributed by atoms with Gasteiger partial charge in [-0.25, -0.2) is 8.78 Å². The highest BCUT2D eigenvalue weighted by atomic mass is 19.1. The van der Waals surface area contributed by atoms with Gasteiger partial charge in [-0.05, 0) is 30.0 Å². The van der Waals surface area contributed by atoms with Crippen molar-refractivity contribution in [3.05, 3.63) is 71.3 Å². The van der Waals surface area contributed by atoms with Gasteiger partial charge in [-0.3, -0.25) is 9.69 Å². The normalized spacial score (nSPS) is 16.4. The second-order valence-corrected chi connectivity index (χ2v) is 8.73. The zero-order chi connectivity index (χ0) is 23.6. The Balaban J connectivity index is 1.91. The molecule has 1 fully saturated rings. The SMILES string of the molecule is COC(=O)[C@H](CC1CCCCCC1)N(C/C(=N/O)c1cc(F)cc(F)c1)Cc1ccccc1. The van der Waals surface area contributed by atoms with Crippen LogP contribution in [-0.2, 0) is 16.1 Å². The standard InChI is InChI=1S/C26H32F2N2O3/c1-33-26(31)25(13-19-9-5-2-3-6-10-19)30(17-20-11-7-4-8-12-20)18-24(29-32)21-14-22(27)16-23(28)15-21/h4,7-8,11-12,14-16,19,25,32H,2-3,5-6,9-10,13,17-18H2,1H3/b29-24-/t25-/m0/s1. The molecule has 0 heterocycles. The van der Waals surface area contributed by atoms with E-state index in [4.69, 9.17) is 4.74 Å². The van der Waals surface area contributed by atoms with Crippen LogP contribution in [0, 0.1) is 17.6 Å². The van der Waals surface area contributed by atoms with Crippen LogP contribution in [0.1, 0.15) is 56.1 Å². The lowest BCUT2D eigenvalue weighted by Crippen LogP contribution is -2.45. The van der Waals surface area contributed by atoms with Gasteiger partial charge < -0.3 is 9.94 Å². The third-order valence-electron chi connectivity index (χ3n) is 6.34. The van der Waals surface area contributed by atoms with Gasteiger partial charge >= 0.3 is 5.97 Å². The van der Waals surface area contributed by atoms with Crippen LogP contribution in [0.4, 0.5) is 8.78 Å². The van der Waals surface area contributed by atoms with Crippen LogP contribution >= 0.6 is 0 Å². The first-order valence-electron chi connectivity index (χ1n) is 11.5. The Morgan fingerprint density at radius 3 is 2.30 bits per heavy atom. The summed E-state index contributed by atoms with van der Waals surface area (Å²) in [5.74, 6) is -1.50. The Hall–Kier alpha value is -2.80. The molecular formula is C26H32F2N2O3. The number of hydrogen-bond acceptors (Lipinski definition) is 5. The van der Waals surface area contributed by atoms with E-state index in [2.05, 4.69) is 5.16 Å². The molecule has 1 aliphatic rings. The van der Waals surface area contributed by atoms with E-state index in [0.29, 0.717) is 18.9 Å². The lowest BCUT2D eigenvalue weighted by Gasteiger charge is -2.32. The fraction of sp³-hybridized carbons (Fsp3) is 0.462. The molecule has 0 aromatic heterocycles. The zero-order valence-corrected chi connectivity index (χ0v) is 19.1. The highest BCUT2D eigenvalue weighted by Gasteiger charge is 2.31. The van der Waals surface area contributed by atoms with Gasteiger partial charge in [0.25, 0.3) is 0 Å². The average Bonchev–Trinajstić information content (AvgIpc) is 3.08. The van der Waals surface area contributed by atoms with Gasteiger partial charge in [0.15, 0.2) is 0 Å². The van der Waals surface area contributed by atoms with Gasteiger partial charge in [0, 0.05) is 24.7 Å². The Morgan fingerprint density at radius 1 is 1.09 bits per heavy atom. The minimum atomic E-state index is -0.760. The fourth-order valence-corrected chi connectivity index (χ4v) is 4.63. The Labute approximate surface area is 194 Å². The number of carbonyl (C=O) groups is 1. The van der Waals surface area contributed by atoms with Crippen molar-refractivity contribution < 1.29 is 23.5 Å². The van der Waals surface area contributed by atoms with E-state index < -0.39 is 17.7 Å². The predicted octanol–water partition coefficient (Wildman–Crippen LogP) is 5.55. The first kappa shape index (κ1) is 24.8. The molecule has 3 rings (SSSR count). The number of rotatable bonds is 9. The number of ether oxygens (including phenoxy) is 1. The second-order valence-electron chi connectivity index (χ2n) is 8.73. The molecule has 1 atom stereocenters. The topological polar surface area (TPSA) is 62.1 Å². The van der Waals surface area contributed by atoms with E-state index in [1.54, 1.807) is 0 Å². The molecule has 0 bridgehead atoms. The number of esters is 1. The summed E-state index contributed by atoms with van der Waals surface area (Å²) in [5.41, 5.74) is 1.18. The maximum atomic E-state index is 13.8. The molecule has 1 saturated carbocycles. The molecule has 1 aliphatic carbocycles. The Kier molecular flexibility index (Phi) is 9.36. The van der Waals surface area contributed by atoms with Crippen molar-refractivity contribution in [2.45, 2.75) is 57.5 Å². The van der Waals surface area contributed by atoms with E-state index in [0.717, 1.165) is 49.4 Å². The summed E-state index contributed by atoms with van der Waals surface area (Å²) in [6.07, 6.45) is 7.44. The van der Waals surface area contributed by atoms with E-state index in [-0.39, 0.29) is 23.8 Å². The van der Waals surface area contributed by atoms with Crippen molar-refractivity contribution in [3.8, 4) is 0 Å². The van der Waals surface area contributed by atoms with Gasteiger partial charge in [0.05, 0.1) is 7.11 Å². The van der Waals surface area contributed by atoms with Gasteiger partial charge in [-0.1, -0.05) is 74.0 Å². The van der Waals surface area contributed by atoms with Gasteiger partial charge in [0.1, 0.15) is 23.4 Å². The van der Waals surface area contributed by atoms with Crippen LogP contribution in [0.15, 0.2) is 53.7 Å². The molecule has 0 aliphatic heterocycles. The van der Waals surface area contributed by atoms with Crippen molar-refractivity contribution in [2.24, 2.45) is 11.1 Å². The molecule has 0 amide bonds. The molecule has 7 heteroatoms. The summed E-state index contributed by atoms with van der Waals surface area (Å²) in [7, 11) is 1.37. The maximum absolute atomic E-state index is 13.8. The lowest BCUT2D eigenvalue weighted by atomic mass is 9.91. The van der Waals surface area contributed by atoms with E-state index in [1.165, 1.54) is 20.0 Å². The molecular weight excluding hydrogens is 426 g/mol. The molecule has 0 spiro atoms. The fourth-order valence-electron chi connectivity index (χ4n) is 4.63. The summed E-state index contributed by atoms with van der Waals surface area (Å²) < 4.78 is 32.8. The molecule has 178 valence electrons. The first-order valence-corrected chi connectivity index (χ1v) is 11.5. The molecule has 5 nitrogen and oxygen atoms in total. The smallest absolute Gasteiger partial charge is 0.323 e.